The quantitative estimate of drug-likeness (QED) is 0.255. The average molecular weight is 534 g/mol. The monoisotopic (exact) mass is 533 g/mol. The van der Waals surface area contributed by atoms with E-state index in [4.69, 9.17) is 19.6 Å². The first kappa shape index (κ1) is 29.2. The van der Waals surface area contributed by atoms with Gasteiger partial charge in [-0.25, -0.2) is 4.79 Å². The van der Waals surface area contributed by atoms with E-state index < -0.39 is 48.4 Å². The Morgan fingerprint density at radius 2 is 1.63 bits per heavy atom. The largest absolute Gasteiger partial charge is 0.493 e. The normalized spacial score (nSPS) is 14.2. The third kappa shape index (κ3) is 7.84. The molecule has 0 fully saturated rings. The maximum atomic E-state index is 13.7. The molecule has 2 aromatic carbocycles. The number of rotatable bonds is 9. The molecule has 2 N–H and O–H groups in total. The summed E-state index contributed by atoms with van der Waals surface area (Å²) in [5.74, 6) is -3.53. The number of halogens is 3. The van der Waals surface area contributed by atoms with Gasteiger partial charge in [0.1, 0.15) is 30.5 Å². The summed E-state index contributed by atoms with van der Waals surface area (Å²) in [7, 11) is 0. The van der Waals surface area contributed by atoms with Gasteiger partial charge >= 0.3 is 17.8 Å². The highest BCUT2D eigenvalue weighted by Crippen LogP contribution is 2.33. The van der Waals surface area contributed by atoms with Gasteiger partial charge in [-0.1, -0.05) is 51.1 Å². The molecular weight excluding hydrogens is 499 g/mol. The van der Waals surface area contributed by atoms with Gasteiger partial charge in [-0.15, -0.1) is 0 Å². The van der Waals surface area contributed by atoms with Crippen LogP contribution in [0.25, 0.3) is 22.1 Å². The van der Waals surface area contributed by atoms with Gasteiger partial charge in [-0.2, -0.15) is 13.2 Å². The van der Waals surface area contributed by atoms with E-state index in [0.29, 0.717) is 22.9 Å². The lowest BCUT2D eigenvalue weighted by atomic mass is 9.76. The minimum atomic E-state index is -4.67. The van der Waals surface area contributed by atoms with Crippen molar-refractivity contribution in [2.45, 2.75) is 52.8 Å². The molecule has 9 heteroatoms. The lowest BCUT2D eigenvalue weighted by Gasteiger charge is -2.34. The van der Waals surface area contributed by atoms with E-state index >= 15 is 0 Å². The Morgan fingerprint density at radius 3 is 2.21 bits per heavy atom. The topological polar surface area (TPSA) is 91.8 Å². The van der Waals surface area contributed by atoms with Crippen molar-refractivity contribution in [1.29, 1.82) is 0 Å². The van der Waals surface area contributed by atoms with E-state index in [-0.39, 0.29) is 16.7 Å². The molecule has 2 unspecified atom stereocenters. The fourth-order valence-electron chi connectivity index (χ4n) is 3.98. The lowest BCUT2D eigenvalue weighted by Crippen LogP contribution is -2.47. The Balaban J connectivity index is 1.72. The smallest absolute Gasteiger partial charge is 0.398 e. The van der Waals surface area contributed by atoms with E-state index in [1.54, 1.807) is 50.2 Å². The zero-order valence-corrected chi connectivity index (χ0v) is 22.2. The number of benzene rings is 2. The first-order valence-electron chi connectivity index (χ1n) is 12.3. The number of alkyl halides is 3. The van der Waals surface area contributed by atoms with Crippen LogP contribution in [-0.2, 0) is 9.53 Å². The molecule has 0 spiro atoms. The van der Waals surface area contributed by atoms with Crippen molar-refractivity contribution in [3.63, 3.8) is 0 Å². The fourth-order valence-corrected chi connectivity index (χ4v) is 3.98. The molecule has 0 aliphatic heterocycles. The molecule has 1 aromatic heterocycles. The van der Waals surface area contributed by atoms with Gasteiger partial charge in [0.05, 0.1) is 11.5 Å². The Hall–Kier alpha value is -3.33. The van der Waals surface area contributed by atoms with Gasteiger partial charge < -0.3 is 19.6 Å². The zero-order chi connectivity index (χ0) is 28.3. The predicted octanol–water partition coefficient (Wildman–Crippen LogP) is 6.35. The number of carbonyl (C=O) groups excluding carboxylic acids is 1. The number of hydrogen-bond acceptors (Lipinski definition) is 6. The molecule has 0 radical (unpaired) electrons. The number of ether oxygens (including phenoxy) is 2. The van der Waals surface area contributed by atoms with Crippen LogP contribution in [0.1, 0.15) is 41.0 Å². The molecule has 0 saturated heterocycles. The molecule has 38 heavy (non-hydrogen) atoms. The Bertz CT molecular complexity index is 1300. The summed E-state index contributed by atoms with van der Waals surface area (Å²) in [6.45, 7) is 7.36. The first-order chi connectivity index (χ1) is 17.5. The van der Waals surface area contributed by atoms with Gasteiger partial charge in [0, 0.05) is 17.0 Å². The van der Waals surface area contributed by atoms with E-state index in [1.165, 1.54) is 12.1 Å². The zero-order valence-electron chi connectivity index (χ0n) is 22.2. The molecule has 206 valence electrons. The predicted molar refractivity (Wildman–Crippen MR) is 140 cm³/mol. The summed E-state index contributed by atoms with van der Waals surface area (Å²) in [5, 5.41) is 0.589. The molecule has 3 rings (SSSR count). The van der Waals surface area contributed by atoms with Crippen molar-refractivity contribution in [2.75, 3.05) is 13.2 Å². The van der Waals surface area contributed by atoms with E-state index in [9.17, 15) is 22.8 Å². The molecule has 0 bridgehead atoms. The number of esters is 1. The first-order valence-corrected chi connectivity index (χ1v) is 12.3. The minimum Gasteiger partial charge on any atom is -0.493 e. The van der Waals surface area contributed by atoms with Crippen molar-refractivity contribution < 1.29 is 31.9 Å². The SMILES string of the molecule is CC(C)(C)CC(C(=O)OCC(COc1ccc2cc(-c3ccccc3)c(=O)oc2c1)C(F)(F)F)C(C)(C)N. The van der Waals surface area contributed by atoms with Crippen LogP contribution in [0.5, 0.6) is 5.75 Å². The molecular formula is C29H34F3NO5. The second-order valence-corrected chi connectivity index (χ2v) is 11.3. The summed E-state index contributed by atoms with van der Waals surface area (Å²) in [5.41, 5.74) is 5.55. The van der Waals surface area contributed by atoms with Crippen LogP contribution in [0.3, 0.4) is 0 Å². The van der Waals surface area contributed by atoms with Crippen LogP contribution in [0.4, 0.5) is 13.2 Å². The average Bonchev–Trinajstić information content (AvgIpc) is 2.80. The second-order valence-electron chi connectivity index (χ2n) is 11.3. The van der Waals surface area contributed by atoms with Gasteiger partial charge in [-0.05, 0) is 49.4 Å². The third-order valence-corrected chi connectivity index (χ3v) is 6.13. The summed E-state index contributed by atoms with van der Waals surface area (Å²) in [4.78, 5) is 25.2. The standard InChI is InChI=1S/C29H34F3NO5/c1-27(2,3)15-23(28(4,5)33)26(35)37-17-20(29(30,31)32)16-36-21-12-11-19-13-22(18-9-7-6-8-10-18)25(34)38-24(19)14-21/h6-14,20,23H,15-17,33H2,1-5H3. The van der Waals surface area contributed by atoms with Crippen molar-refractivity contribution in [3.8, 4) is 16.9 Å². The number of nitrogens with two attached hydrogens (primary N) is 1. The van der Waals surface area contributed by atoms with Crippen LogP contribution < -0.4 is 16.1 Å². The van der Waals surface area contributed by atoms with E-state index in [0.717, 1.165) is 0 Å². The van der Waals surface area contributed by atoms with Crippen LogP contribution >= 0.6 is 0 Å². The summed E-state index contributed by atoms with van der Waals surface area (Å²) in [6.07, 6.45) is -4.32. The third-order valence-electron chi connectivity index (χ3n) is 6.13. The van der Waals surface area contributed by atoms with Crippen LogP contribution in [0.15, 0.2) is 63.8 Å². The van der Waals surface area contributed by atoms with Crippen LogP contribution in [0, 0.1) is 17.3 Å². The molecule has 2 atom stereocenters. The second kappa shape index (κ2) is 11.2. The maximum Gasteiger partial charge on any atom is 0.398 e. The van der Waals surface area contributed by atoms with Crippen molar-refractivity contribution >= 4 is 16.9 Å². The lowest BCUT2D eigenvalue weighted by molar-refractivity contribution is -0.198. The highest BCUT2D eigenvalue weighted by Gasteiger charge is 2.43. The highest BCUT2D eigenvalue weighted by atomic mass is 19.4. The fraction of sp³-hybridized carbons (Fsp3) is 0.448. The Labute approximate surface area is 219 Å². The van der Waals surface area contributed by atoms with Gasteiger partial charge in [0.2, 0.25) is 0 Å². The van der Waals surface area contributed by atoms with Crippen LogP contribution in [0.2, 0.25) is 0 Å². The molecule has 6 nitrogen and oxygen atoms in total. The molecule has 3 aromatic rings. The van der Waals surface area contributed by atoms with Gasteiger partial charge in [0.15, 0.2) is 0 Å². The molecule has 0 aliphatic rings. The molecule has 0 amide bonds. The van der Waals surface area contributed by atoms with Gasteiger partial charge in [-0.3, -0.25) is 4.79 Å². The minimum absolute atomic E-state index is 0.0855. The van der Waals surface area contributed by atoms with Crippen molar-refractivity contribution in [1.82, 2.24) is 0 Å². The highest BCUT2D eigenvalue weighted by molar-refractivity contribution is 5.82. The molecule has 0 saturated carbocycles. The van der Waals surface area contributed by atoms with Gasteiger partial charge in [0.25, 0.3) is 0 Å². The molecule has 1 heterocycles. The summed E-state index contributed by atoms with van der Waals surface area (Å²) < 4.78 is 57.1. The number of carbonyl (C=O) groups is 1. The van der Waals surface area contributed by atoms with Crippen molar-refractivity contribution in [2.24, 2.45) is 23.0 Å². The van der Waals surface area contributed by atoms with Crippen molar-refractivity contribution in [3.05, 3.63) is 65.0 Å². The molecule has 0 aliphatic carbocycles. The van der Waals surface area contributed by atoms with Crippen LogP contribution in [-0.4, -0.2) is 30.9 Å². The number of fused-ring (bicyclic) bond motifs is 1. The Kier molecular flexibility index (Phi) is 8.61. The maximum absolute atomic E-state index is 13.7. The van der Waals surface area contributed by atoms with E-state index in [2.05, 4.69) is 0 Å². The van der Waals surface area contributed by atoms with E-state index in [1.807, 2.05) is 26.8 Å². The number of hydrogen-bond donors (Lipinski definition) is 1. The summed E-state index contributed by atoms with van der Waals surface area (Å²) in [6, 6.07) is 15.1. The summed E-state index contributed by atoms with van der Waals surface area (Å²) >= 11 is 0. The Morgan fingerprint density at radius 1 is 0.974 bits per heavy atom.